The van der Waals surface area contributed by atoms with Crippen molar-refractivity contribution in [2.24, 2.45) is 4.99 Å². The van der Waals surface area contributed by atoms with Crippen molar-refractivity contribution < 1.29 is 13.2 Å². The van der Waals surface area contributed by atoms with Crippen LogP contribution in [-0.4, -0.2) is 68.3 Å². The maximum Gasteiger partial charge on any atom is 0.401 e. The average molecular weight is 314 g/mol. The van der Waals surface area contributed by atoms with E-state index in [1.807, 2.05) is 6.26 Å². The fourth-order valence-corrected chi connectivity index (χ4v) is 1.56. The van der Waals surface area contributed by atoms with Crippen LogP contribution in [0.1, 0.15) is 13.8 Å². The normalized spacial score (nSPS) is 13.8. The summed E-state index contributed by atoms with van der Waals surface area (Å²) in [5.41, 5.74) is 0. The number of thioether (sulfide) groups is 1. The van der Waals surface area contributed by atoms with Crippen molar-refractivity contribution in [3.05, 3.63) is 0 Å². The van der Waals surface area contributed by atoms with E-state index in [4.69, 9.17) is 0 Å². The molecule has 0 saturated carbocycles. The first-order valence-electron chi connectivity index (χ1n) is 6.34. The van der Waals surface area contributed by atoms with Gasteiger partial charge in [0.15, 0.2) is 5.96 Å². The number of alkyl halides is 3. The molecule has 4 nitrogen and oxygen atoms in total. The van der Waals surface area contributed by atoms with E-state index in [9.17, 15) is 13.2 Å². The predicted octanol–water partition coefficient (Wildman–Crippen LogP) is 1.79. The molecule has 0 atom stereocenters. The molecule has 0 bridgehead atoms. The summed E-state index contributed by atoms with van der Waals surface area (Å²) in [5, 5.41) is 6.16. The minimum atomic E-state index is -4.16. The Morgan fingerprint density at radius 1 is 1.25 bits per heavy atom. The summed E-state index contributed by atoms with van der Waals surface area (Å²) in [4.78, 5) is 5.27. The summed E-state index contributed by atoms with van der Waals surface area (Å²) < 4.78 is 36.5. The monoisotopic (exact) mass is 314 g/mol. The molecular formula is C12H25F3N4S. The number of nitrogens with one attached hydrogen (secondary N) is 2. The topological polar surface area (TPSA) is 39.7 Å². The molecule has 8 heteroatoms. The third-order valence-electron chi connectivity index (χ3n) is 2.69. The molecule has 0 aliphatic carbocycles. The predicted molar refractivity (Wildman–Crippen MR) is 80.5 cm³/mol. The molecular weight excluding hydrogens is 289 g/mol. The fraction of sp³-hybridized carbons (Fsp3) is 0.917. The molecule has 0 unspecified atom stereocenters. The minimum Gasteiger partial charge on any atom is -0.355 e. The third-order valence-corrected chi connectivity index (χ3v) is 3.94. The molecule has 0 aliphatic rings. The van der Waals surface area contributed by atoms with E-state index in [0.29, 0.717) is 19.0 Å². The Morgan fingerprint density at radius 2 is 1.85 bits per heavy atom. The highest BCUT2D eigenvalue weighted by Gasteiger charge is 2.28. The average Bonchev–Trinajstić information content (AvgIpc) is 2.31. The lowest BCUT2D eigenvalue weighted by Gasteiger charge is -2.24. The van der Waals surface area contributed by atoms with Gasteiger partial charge < -0.3 is 10.6 Å². The van der Waals surface area contributed by atoms with Gasteiger partial charge in [0.2, 0.25) is 0 Å². The van der Waals surface area contributed by atoms with Gasteiger partial charge in [-0.3, -0.25) is 9.89 Å². The number of hydrogen-bond acceptors (Lipinski definition) is 3. The highest BCUT2D eigenvalue weighted by molar-refractivity contribution is 7.99. The molecule has 20 heavy (non-hydrogen) atoms. The standard InChI is InChI=1S/C12H25F3N4S/c1-11(2,20-5)8-18-10(16-3)17-6-7-19(4)9-12(13,14)15/h6-9H2,1-5H3,(H2,16,17,18). The van der Waals surface area contributed by atoms with Gasteiger partial charge in [0, 0.05) is 31.4 Å². The van der Waals surface area contributed by atoms with E-state index in [0.717, 1.165) is 6.54 Å². The van der Waals surface area contributed by atoms with Gasteiger partial charge in [0.1, 0.15) is 0 Å². The number of halogens is 3. The zero-order valence-corrected chi connectivity index (χ0v) is 13.6. The Kier molecular flexibility index (Phi) is 8.34. The largest absolute Gasteiger partial charge is 0.401 e. The van der Waals surface area contributed by atoms with Crippen molar-refractivity contribution >= 4 is 17.7 Å². The van der Waals surface area contributed by atoms with Crippen LogP contribution in [0.15, 0.2) is 4.99 Å². The first-order valence-corrected chi connectivity index (χ1v) is 7.57. The zero-order valence-electron chi connectivity index (χ0n) is 12.8. The van der Waals surface area contributed by atoms with Crippen LogP contribution < -0.4 is 10.6 Å². The van der Waals surface area contributed by atoms with Crippen LogP contribution in [0.3, 0.4) is 0 Å². The molecule has 0 aromatic carbocycles. The quantitative estimate of drug-likeness (QED) is 0.555. The fourth-order valence-electron chi connectivity index (χ4n) is 1.34. The van der Waals surface area contributed by atoms with Crippen molar-refractivity contribution in [3.8, 4) is 0 Å². The summed E-state index contributed by atoms with van der Waals surface area (Å²) in [5.74, 6) is 0.604. The molecule has 0 aliphatic heterocycles. The second-order valence-corrected chi connectivity index (χ2v) is 6.68. The Hall–Kier alpha value is -0.630. The van der Waals surface area contributed by atoms with Crippen LogP contribution in [0, 0.1) is 0 Å². The van der Waals surface area contributed by atoms with Gasteiger partial charge in [-0.2, -0.15) is 24.9 Å². The van der Waals surface area contributed by atoms with Gasteiger partial charge in [-0.05, 0) is 27.2 Å². The van der Waals surface area contributed by atoms with Crippen molar-refractivity contribution in [2.45, 2.75) is 24.8 Å². The summed E-state index contributed by atoms with van der Waals surface area (Å²) in [7, 11) is 3.09. The van der Waals surface area contributed by atoms with Crippen LogP contribution in [-0.2, 0) is 0 Å². The SMILES string of the molecule is CN=C(NCCN(C)CC(F)(F)F)NCC(C)(C)SC. The number of nitrogens with zero attached hydrogens (tertiary/aromatic N) is 2. The lowest BCUT2D eigenvalue weighted by atomic mass is 10.2. The molecule has 2 N–H and O–H groups in total. The molecule has 0 aromatic heterocycles. The molecule has 0 aromatic rings. The summed E-state index contributed by atoms with van der Waals surface area (Å²) in [6, 6.07) is 0. The molecule has 0 saturated heterocycles. The van der Waals surface area contributed by atoms with E-state index in [1.54, 1.807) is 18.8 Å². The highest BCUT2D eigenvalue weighted by Crippen LogP contribution is 2.19. The number of rotatable bonds is 7. The Labute approximate surface area is 123 Å². The summed E-state index contributed by atoms with van der Waals surface area (Å²) >= 11 is 1.74. The van der Waals surface area contributed by atoms with Crippen molar-refractivity contribution in [3.63, 3.8) is 0 Å². The zero-order chi connectivity index (χ0) is 15.8. The van der Waals surface area contributed by atoms with Gasteiger partial charge >= 0.3 is 6.18 Å². The van der Waals surface area contributed by atoms with E-state index >= 15 is 0 Å². The van der Waals surface area contributed by atoms with Crippen molar-refractivity contribution in [1.82, 2.24) is 15.5 Å². The maximum absolute atomic E-state index is 12.1. The van der Waals surface area contributed by atoms with Crippen molar-refractivity contribution in [2.75, 3.05) is 46.5 Å². The van der Waals surface area contributed by atoms with Crippen LogP contribution in [0.4, 0.5) is 13.2 Å². The smallest absolute Gasteiger partial charge is 0.355 e. The minimum absolute atomic E-state index is 0.0741. The lowest BCUT2D eigenvalue weighted by molar-refractivity contribution is -0.142. The van der Waals surface area contributed by atoms with E-state index in [1.165, 1.54) is 11.9 Å². The Balaban J connectivity index is 3.98. The Bertz CT molecular complexity index is 306. The summed E-state index contributed by atoms with van der Waals surface area (Å²) in [6.07, 6.45) is -2.12. The molecule has 120 valence electrons. The van der Waals surface area contributed by atoms with Crippen LogP contribution in [0.5, 0.6) is 0 Å². The van der Waals surface area contributed by atoms with Gasteiger partial charge in [0.05, 0.1) is 6.54 Å². The first-order chi connectivity index (χ1) is 9.09. The van der Waals surface area contributed by atoms with E-state index in [-0.39, 0.29) is 4.75 Å². The van der Waals surface area contributed by atoms with Gasteiger partial charge in [-0.15, -0.1) is 0 Å². The second-order valence-electron chi connectivity index (χ2n) is 5.17. The highest BCUT2D eigenvalue weighted by atomic mass is 32.2. The van der Waals surface area contributed by atoms with Crippen LogP contribution >= 0.6 is 11.8 Å². The number of hydrogen-bond donors (Lipinski definition) is 2. The maximum atomic E-state index is 12.1. The molecule has 0 fully saturated rings. The molecule has 0 heterocycles. The van der Waals surface area contributed by atoms with Gasteiger partial charge in [0.25, 0.3) is 0 Å². The molecule has 0 amide bonds. The van der Waals surface area contributed by atoms with Crippen LogP contribution in [0.25, 0.3) is 0 Å². The van der Waals surface area contributed by atoms with Gasteiger partial charge in [-0.1, -0.05) is 0 Å². The second kappa shape index (κ2) is 8.61. The lowest BCUT2D eigenvalue weighted by Crippen LogP contribution is -2.45. The number of aliphatic imine (C=N–C) groups is 1. The Morgan fingerprint density at radius 3 is 2.30 bits per heavy atom. The van der Waals surface area contributed by atoms with Crippen LogP contribution in [0.2, 0.25) is 0 Å². The van der Waals surface area contributed by atoms with Crippen molar-refractivity contribution in [1.29, 1.82) is 0 Å². The molecule has 0 rings (SSSR count). The summed E-state index contributed by atoms with van der Waals surface area (Å²) in [6.45, 7) is 4.74. The molecule has 0 radical (unpaired) electrons. The number of likely N-dealkylation sites (N-methyl/N-ethyl adjacent to an activating group) is 1. The first kappa shape index (κ1) is 19.4. The van der Waals surface area contributed by atoms with E-state index < -0.39 is 12.7 Å². The number of guanidine groups is 1. The third kappa shape index (κ3) is 10.2. The molecule has 0 spiro atoms. The van der Waals surface area contributed by atoms with Gasteiger partial charge in [-0.25, -0.2) is 0 Å². The van der Waals surface area contributed by atoms with E-state index in [2.05, 4.69) is 29.5 Å².